The van der Waals surface area contributed by atoms with Crippen molar-refractivity contribution in [3.63, 3.8) is 0 Å². The third-order valence-electron chi connectivity index (χ3n) is 4.02. The molecule has 1 amide bonds. The van der Waals surface area contributed by atoms with Crippen LogP contribution in [0, 0.1) is 0 Å². The van der Waals surface area contributed by atoms with Gasteiger partial charge in [-0.2, -0.15) is 0 Å². The number of carbonyl (C=O) groups excluding carboxylic acids is 1. The molecular formula is C16H22N4O2. The van der Waals surface area contributed by atoms with E-state index in [0.29, 0.717) is 6.54 Å². The lowest BCUT2D eigenvalue weighted by Crippen LogP contribution is -2.50. The van der Waals surface area contributed by atoms with Crippen LogP contribution in [0.3, 0.4) is 0 Å². The Kier molecular flexibility index (Phi) is 3.54. The number of likely N-dealkylation sites (tertiary alicyclic amines) is 1. The molecule has 0 unspecified atom stereocenters. The summed E-state index contributed by atoms with van der Waals surface area (Å²) in [6.45, 7) is 10.8. The Bertz CT molecular complexity index is 579. The van der Waals surface area contributed by atoms with E-state index in [-0.39, 0.29) is 18.2 Å². The predicted octanol–water partition coefficient (Wildman–Crippen LogP) is 2.32. The molecule has 3 heterocycles. The first kappa shape index (κ1) is 14.8. The van der Waals surface area contributed by atoms with Crippen LogP contribution in [0.5, 0.6) is 0 Å². The van der Waals surface area contributed by atoms with E-state index < -0.39 is 5.60 Å². The SMILES string of the molecule is C=Cc1cnc(N2C[C@H]3C[C@H]2CN3C(=O)OC(C)(C)C)nc1. The van der Waals surface area contributed by atoms with Gasteiger partial charge in [0.2, 0.25) is 5.95 Å². The summed E-state index contributed by atoms with van der Waals surface area (Å²) in [5.74, 6) is 0.724. The maximum Gasteiger partial charge on any atom is 0.410 e. The summed E-state index contributed by atoms with van der Waals surface area (Å²) in [5.41, 5.74) is 0.450. The molecular weight excluding hydrogens is 280 g/mol. The lowest BCUT2D eigenvalue weighted by Gasteiger charge is -2.35. The third-order valence-corrected chi connectivity index (χ3v) is 4.02. The fraction of sp³-hybridized carbons (Fsp3) is 0.562. The number of piperazine rings is 1. The number of rotatable bonds is 2. The normalized spacial score (nSPS) is 23.8. The highest BCUT2D eigenvalue weighted by atomic mass is 16.6. The molecule has 22 heavy (non-hydrogen) atoms. The van der Waals surface area contributed by atoms with Crippen molar-refractivity contribution in [2.24, 2.45) is 0 Å². The molecule has 6 heteroatoms. The Morgan fingerprint density at radius 1 is 1.32 bits per heavy atom. The molecule has 118 valence electrons. The Morgan fingerprint density at radius 2 is 2.00 bits per heavy atom. The maximum atomic E-state index is 12.2. The largest absolute Gasteiger partial charge is 0.444 e. The molecule has 1 aromatic rings. The molecule has 0 radical (unpaired) electrons. The zero-order chi connectivity index (χ0) is 15.9. The Morgan fingerprint density at radius 3 is 2.50 bits per heavy atom. The van der Waals surface area contributed by atoms with E-state index in [1.165, 1.54) is 0 Å². The van der Waals surface area contributed by atoms with Gasteiger partial charge in [0.15, 0.2) is 0 Å². The fourth-order valence-corrected chi connectivity index (χ4v) is 3.04. The molecule has 2 bridgehead atoms. The average molecular weight is 302 g/mol. The number of anilines is 1. The number of hydrogen-bond donors (Lipinski definition) is 0. The molecule has 1 aromatic heterocycles. The Hall–Kier alpha value is -2.11. The molecule has 2 saturated heterocycles. The van der Waals surface area contributed by atoms with Crippen LogP contribution in [0.4, 0.5) is 10.7 Å². The highest BCUT2D eigenvalue weighted by Crippen LogP contribution is 2.33. The van der Waals surface area contributed by atoms with Crippen molar-refractivity contribution in [1.82, 2.24) is 14.9 Å². The lowest BCUT2D eigenvalue weighted by molar-refractivity contribution is 0.0214. The van der Waals surface area contributed by atoms with Gasteiger partial charge in [-0.15, -0.1) is 0 Å². The van der Waals surface area contributed by atoms with Crippen molar-refractivity contribution in [3.8, 4) is 0 Å². The molecule has 0 saturated carbocycles. The number of aromatic nitrogens is 2. The van der Waals surface area contributed by atoms with E-state index in [1.54, 1.807) is 18.5 Å². The van der Waals surface area contributed by atoms with Crippen LogP contribution in [0.1, 0.15) is 32.8 Å². The van der Waals surface area contributed by atoms with Crippen LogP contribution in [0.2, 0.25) is 0 Å². The summed E-state index contributed by atoms with van der Waals surface area (Å²) in [4.78, 5) is 25.0. The van der Waals surface area contributed by atoms with Crippen molar-refractivity contribution in [1.29, 1.82) is 0 Å². The number of fused-ring (bicyclic) bond motifs is 2. The van der Waals surface area contributed by atoms with Gasteiger partial charge >= 0.3 is 6.09 Å². The second kappa shape index (κ2) is 5.26. The van der Waals surface area contributed by atoms with Crippen LogP contribution in [-0.4, -0.2) is 51.7 Å². The van der Waals surface area contributed by atoms with Crippen molar-refractivity contribution in [2.75, 3.05) is 18.0 Å². The van der Waals surface area contributed by atoms with Gasteiger partial charge < -0.3 is 14.5 Å². The zero-order valence-electron chi connectivity index (χ0n) is 13.3. The van der Waals surface area contributed by atoms with Crippen LogP contribution >= 0.6 is 0 Å². The number of carbonyl (C=O) groups is 1. The Balaban J connectivity index is 1.66. The molecule has 2 aliphatic rings. The van der Waals surface area contributed by atoms with Gasteiger partial charge in [0, 0.05) is 31.0 Å². The van der Waals surface area contributed by atoms with E-state index in [4.69, 9.17) is 4.74 Å². The highest BCUT2D eigenvalue weighted by Gasteiger charge is 2.47. The second-order valence-corrected chi connectivity index (χ2v) is 6.85. The monoisotopic (exact) mass is 302 g/mol. The van der Waals surface area contributed by atoms with E-state index in [0.717, 1.165) is 24.5 Å². The van der Waals surface area contributed by atoms with Crippen LogP contribution in [-0.2, 0) is 4.74 Å². The first-order valence-corrected chi connectivity index (χ1v) is 7.58. The van der Waals surface area contributed by atoms with Crippen LogP contribution in [0.15, 0.2) is 19.0 Å². The van der Waals surface area contributed by atoms with Gasteiger partial charge in [0.1, 0.15) is 5.60 Å². The predicted molar refractivity (Wildman–Crippen MR) is 84.6 cm³/mol. The van der Waals surface area contributed by atoms with Crippen LogP contribution in [0.25, 0.3) is 6.08 Å². The molecule has 0 spiro atoms. The van der Waals surface area contributed by atoms with E-state index in [9.17, 15) is 4.79 Å². The molecule has 2 aliphatic heterocycles. The van der Waals surface area contributed by atoms with Crippen LogP contribution < -0.4 is 4.90 Å². The summed E-state index contributed by atoms with van der Waals surface area (Å²) in [7, 11) is 0. The molecule has 0 aliphatic carbocycles. The van der Waals surface area contributed by atoms with Gasteiger partial charge in [-0.25, -0.2) is 14.8 Å². The summed E-state index contributed by atoms with van der Waals surface area (Å²) in [6, 6.07) is 0.453. The molecule has 2 fully saturated rings. The van der Waals surface area contributed by atoms with Gasteiger partial charge in [0.25, 0.3) is 0 Å². The summed E-state index contributed by atoms with van der Waals surface area (Å²) >= 11 is 0. The summed E-state index contributed by atoms with van der Waals surface area (Å²) in [5, 5.41) is 0. The average Bonchev–Trinajstić information content (AvgIpc) is 3.05. The van der Waals surface area contributed by atoms with E-state index in [2.05, 4.69) is 21.4 Å². The first-order valence-electron chi connectivity index (χ1n) is 7.58. The minimum absolute atomic E-state index is 0.183. The number of ether oxygens (including phenoxy) is 1. The fourth-order valence-electron chi connectivity index (χ4n) is 3.04. The van der Waals surface area contributed by atoms with Gasteiger partial charge in [0.05, 0.1) is 12.1 Å². The molecule has 0 aromatic carbocycles. The van der Waals surface area contributed by atoms with E-state index in [1.807, 2.05) is 25.7 Å². The minimum atomic E-state index is -0.456. The molecule has 0 N–H and O–H groups in total. The Labute approximate surface area is 130 Å². The zero-order valence-corrected chi connectivity index (χ0v) is 13.3. The third kappa shape index (κ3) is 2.77. The van der Waals surface area contributed by atoms with Gasteiger partial charge in [-0.3, -0.25) is 0 Å². The lowest BCUT2D eigenvalue weighted by atomic mass is 10.2. The quantitative estimate of drug-likeness (QED) is 0.839. The second-order valence-electron chi connectivity index (χ2n) is 6.85. The minimum Gasteiger partial charge on any atom is -0.444 e. The maximum absolute atomic E-state index is 12.2. The number of nitrogens with zero attached hydrogens (tertiary/aromatic N) is 4. The topological polar surface area (TPSA) is 58.6 Å². The first-order chi connectivity index (χ1) is 10.4. The summed E-state index contributed by atoms with van der Waals surface area (Å²) < 4.78 is 5.47. The van der Waals surface area contributed by atoms with Gasteiger partial charge in [-0.05, 0) is 27.2 Å². The molecule has 2 atom stereocenters. The highest BCUT2D eigenvalue weighted by molar-refractivity contribution is 5.70. The van der Waals surface area contributed by atoms with Crippen molar-refractivity contribution in [2.45, 2.75) is 44.9 Å². The molecule has 3 rings (SSSR count). The van der Waals surface area contributed by atoms with E-state index >= 15 is 0 Å². The number of amides is 1. The summed E-state index contributed by atoms with van der Waals surface area (Å²) in [6.07, 6.45) is 6.00. The van der Waals surface area contributed by atoms with Crippen molar-refractivity contribution in [3.05, 3.63) is 24.5 Å². The smallest absolute Gasteiger partial charge is 0.410 e. The molecule has 6 nitrogen and oxygen atoms in total. The standard InChI is InChI=1S/C16H22N4O2/c1-5-11-7-17-14(18-8-11)19-9-13-6-12(19)10-20(13)15(21)22-16(2,3)4/h5,7-8,12-13H,1,6,9-10H2,2-4H3/t12-,13+/m0/s1. The van der Waals surface area contributed by atoms with Crippen molar-refractivity contribution >= 4 is 18.1 Å². The van der Waals surface area contributed by atoms with Crippen molar-refractivity contribution < 1.29 is 9.53 Å². The van der Waals surface area contributed by atoms with Gasteiger partial charge in [-0.1, -0.05) is 12.7 Å². The number of hydrogen-bond acceptors (Lipinski definition) is 5.